The Hall–Kier alpha value is -2.05. The van der Waals surface area contributed by atoms with Crippen molar-refractivity contribution in [1.82, 2.24) is 0 Å². The fourth-order valence-electron chi connectivity index (χ4n) is 1.03. The van der Waals surface area contributed by atoms with Crippen LogP contribution in [-0.4, -0.2) is 31.4 Å². The Kier molecular flexibility index (Phi) is 3.72. The van der Waals surface area contributed by atoms with Gasteiger partial charge < -0.3 is 19.3 Å². The lowest BCUT2D eigenvalue weighted by molar-refractivity contribution is -0.210. The zero-order valence-corrected chi connectivity index (χ0v) is 9.07. The van der Waals surface area contributed by atoms with E-state index >= 15 is 0 Å². The van der Waals surface area contributed by atoms with Gasteiger partial charge in [-0.1, -0.05) is 0 Å². The first-order chi connectivity index (χ1) is 7.89. The number of aliphatic carboxylic acids is 1. The van der Waals surface area contributed by atoms with Crippen LogP contribution in [-0.2, 0) is 4.79 Å². The second kappa shape index (κ2) is 4.86. The molecular formula is C10H10F2O5. The molecule has 0 atom stereocenters. The predicted molar refractivity (Wildman–Crippen MR) is 52.8 cm³/mol. The van der Waals surface area contributed by atoms with Crippen molar-refractivity contribution in [2.24, 2.45) is 0 Å². The van der Waals surface area contributed by atoms with Gasteiger partial charge in [-0.25, -0.2) is 4.79 Å². The lowest BCUT2D eigenvalue weighted by Crippen LogP contribution is -2.34. The molecule has 0 unspecified atom stereocenters. The molecular weight excluding hydrogens is 238 g/mol. The van der Waals surface area contributed by atoms with Crippen molar-refractivity contribution in [3.8, 4) is 17.2 Å². The molecule has 0 bridgehead atoms. The van der Waals surface area contributed by atoms with Crippen molar-refractivity contribution in [3.05, 3.63) is 18.2 Å². The fourth-order valence-corrected chi connectivity index (χ4v) is 1.03. The Morgan fingerprint density at radius 1 is 1.12 bits per heavy atom. The maximum Gasteiger partial charge on any atom is 0.501 e. The van der Waals surface area contributed by atoms with Crippen LogP contribution in [0, 0.1) is 0 Å². The number of benzene rings is 1. The standard InChI is InChI=1S/C10H10F2O5/c1-15-6-3-7(16-2)5-8(4-6)17-10(11,12)9(13)14/h3-5H,1-2H3,(H,13,14). The summed E-state index contributed by atoms with van der Waals surface area (Å²) in [6.45, 7) is 0. The van der Waals surface area contributed by atoms with Gasteiger partial charge in [0.2, 0.25) is 0 Å². The van der Waals surface area contributed by atoms with Gasteiger partial charge in [0.1, 0.15) is 17.2 Å². The summed E-state index contributed by atoms with van der Waals surface area (Å²) < 4.78 is 39.3. The summed E-state index contributed by atoms with van der Waals surface area (Å²) in [6.07, 6.45) is -4.31. The van der Waals surface area contributed by atoms with Crippen LogP contribution in [0.3, 0.4) is 0 Å². The molecule has 0 amide bonds. The maximum atomic E-state index is 12.8. The molecule has 1 aromatic carbocycles. The van der Waals surface area contributed by atoms with Crippen molar-refractivity contribution in [2.75, 3.05) is 14.2 Å². The van der Waals surface area contributed by atoms with E-state index in [0.29, 0.717) is 0 Å². The predicted octanol–water partition coefficient (Wildman–Crippen LogP) is 1.76. The zero-order valence-electron chi connectivity index (χ0n) is 9.07. The number of hydrogen-bond acceptors (Lipinski definition) is 4. The molecule has 5 nitrogen and oxygen atoms in total. The van der Waals surface area contributed by atoms with Gasteiger partial charge in [-0.2, -0.15) is 8.78 Å². The highest BCUT2D eigenvalue weighted by atomic mass is 19.3. The van der Waals surface area contributed by atoms with Crippen LogP contribution in [0.2, 0.25) is 0 Å². The molecule has 0 aliphatic rings. The average Bonchev–Trinajstić information content (AvgIpc) is 2.27. The highest BCUT2D eigenvalue weighted by Gasteiger charge is 2.42. The van der Waals surface area contributed by atoms with E-state index in [1.807, 2.05) is 0 Å². The average molecular weight is 248 g/mol. The molecule has 0 radical (unpaired) electrons. The van der Waals surface area contributed by atoms with Gasteiger partial charge in [0, 0.05) is 18.2 Å². The number of carboxylic acids is 1. The van der Waals surface area contributed by atoms with Crippen LogP contribution in [0.4, 0.5) is 8.78 Å². The summed E-state index contributed by atoms with van der Waals surface area (Å²) in [5, 5.41) is 8.22. The quantitative estimate of drug-likeness (QED) is 0.860. The summed E-state index contributed by atoms with van der Waals surface area (Å²) in [5.74, 6) is -2.33. The molecule has 0 saturated carbocycles. The minimum Gasteiger partial charge on any atom is -0.496 e. The first kappa shape index (κ1) is 13.0. The summed E-state index contributed by atoms with van der Waals surface area (Å²) >= 11 is 0. The molecule has 94 valence electrons. The number of ether oxygens (including phenoxy) is 3. The maximum absolute atomic E-state index is 12.8. The Bertz CT molecular complexity index is 397. The van der Waals surface area contributed by atoms with Crippen LogP contribution < -0.4 is 14.2 Å². The number of hydrogen-bond donors (Lipinski definition) is 1. The van der Waals surface area contributed by atoms with Gasteiger partial charge >= 0.3 is 12.1 Å². The van der Waals surface area contributed by atoms with Crippen molar-refractivity contribution < 1.29 is 32.9 Å². The minimum atomic E-state index is -4.31. The molecule has 0 spiro atoms. The van der Waals surface area contributed by atoms with Crippen molar-refractivity contribution in [3.63, 3.8) is 0 Å². The van der Waals surface area contributed by atoms with E-state index < -0.39 is 12.1 Å². The van der Waals surface area contributed by atoms with E-state index in [1.54, 1.807) is 0 Å². The molecule has 0 aliphatic heterocycles. The molecule has 0 aromatic heterocycles. The highest BCUT2D eigenvalue weighted by molar-refractivity contribution is 5.74. The molecule has 17 heavy (non-hydrogen) atoms. The molecule has 0 saturated heterocycles. The molecule has 1 aromatic rings. The van der Waals surface area contributed by atoms with E-state index in [1.165, 1.54) is 20.3 Å². The lowest BCUT2D eigenvalue weighted by atomic mass is 10.3. The first-order valence-corrected chi connectivity index (χ1v) is 4.42. The van der Waals surface area contributed by atoms with Gasteiger partial charge in [0.05, 0.1) is 14.2 Å². The van der Waals surface area contributed by atoms with Gasteiger partial charge in [-0.3, -0.25) is 0 Å². The van der Waals surface area contributed by atoms with E-state index in [4.69, 9.17) is 14.6 Å². The van der Waals surface area contributed by atoms with E-state index in [-0.39, 0.29) is 17.2 Å². The van der Waals surface area contributed by atoms with Crippen LogP contribution in [0.5, 0.6) is 17.2 Å². The first-order valence-electron chi connectivity index (χ1n) is 4.42. The van der Waals surface area contributed by atoms with Crippen molar-refractivity contribution >= 4 is 5.97 Å². The Balaban J connectivity index is 3.02. The van der Waals surface area contributed by atoms with Gasteiger partial charge in [0.15, 0.2) is 0 Å². The second-order valence-electron chi connectivity index (χ2n) is 2.97. The third-order valence-corrected chi connectivity index (χ3v) is 1.82. The minimum absolute atomic E-state index is 0.209. The second-order valence-corrected chi connectivity index (χ2v) is 2.97. The van der Waals surface area contributed by atoms with Gasteiger partial charge in [0.25, 0.3) is 0 Å². The van der Waals surface area contributed by atoms with Crippen molar-refractivity contribution in [1.29, 1.82) is 0 Å². The van der Waals surface area contributed by atoms with E-state index in [0.717, 1.165) is 12.1 Å². The summed E-state index contributed by atoms with van der Waals surface area (Å²) in [5.41, 5.74) is 0. The molecule has 0 fully saturated rings. The lowest BCUT2D eigenvalue weighted by Gasteiger charge is -2.14. The molecule has 1 rings (SSSR count). The number of alkyl halides is 2. The van der Waals surface area contributed by atoms with Crippen LogP contribution in [0.25, 0.3) is 0 Å². The molecule has 1 N–H and O–H groups in total. The number of rotatable bonds is 5. The van der Waals surface area contributed by atoms with Crippen LogP contribution in [0.1, 0.15) is 0 Å². The number of methoxy groups -OCH3 is 2. The Morgan fingerprint density at radius 3 is 1.88 bits per heavy atom. The van der Waals surface area contributed by atoms with Crippen LogP contribution in [0.15, 0.2) is 18.2 Å². The highest BCUT2D eigenvalue weighted by Crippen LogP contribution is 2.30. The third kappa shape index (κ3) is 3.20. The summed E-state index contributed by atoms with van der Waals surface area (Å²) in [6, 6.07) is 3.69. The number of carbonyl (C=O) groups is 1. The van der Waals surface area contributed by atoms with Crippen LogP contribution >= 0.6 is 0 Å². The van der Waals surface area contributed by atoms with Crippen molar-refractivity contribution in [2.45, 2.75) is 6.11 Å². The van der Waals surface area contributed by atoms with Gasteiger partial charge in [-0.05, 0) is 0 Å². The summed E-state index contributed by atoms with van der Waals surface area (Å²) in [7, 11) is 2.65. The number of halogens is 2. The Labute approximate surface area is 95.5 Å². The number of carboxylic acid groups (broad SMARTS) is 1. The SMILES string of the molecule is COc1cc(OC)cc(OC(F)(F)C(=O)O)c1. The van der Waals surface area contributed by atoms with Gasteiger partial charge in [-0.15, -0.1) is 0 Å². The zero-order chi connectivity index (χ0) is 13.1. The topological polar surface area (TPSA) is 65.0 Å². The van der Waals surface area contributed by atoms with E-state index in [2.05, 4.69) is 4.74 Å². The molecule has 7 heteroatoms. The normalized spacial score (nSPS) is 10.8. The van der Waals surface area contributed by atoms with E-state index in [9.17, 15) is 13.6 Å². The molecule has 0 aliphatic carbocycles. The largest absolute Gasteiger partial charge is 0.501 e. The Morgan fingerprint density at radius 2 is 1.53 bits per heavy atom. The molecule has 0 heterocycles. The fraction of sp³-hybridized carbons (Fsp3) is 0.300. The third-order valence-electron chi connectivity index (χ3n) is 1.82. The smallest absolute Gasteiger partial charge is 0.496 e. The summed E-state index contributed by atoms with van der Waals surface area (Å²) in [4.78, 5) is 10.2. The monoisotopic (exact) mass is 248 g/mol.